The van der Waals surface area contributed by atoms with Crippen molar-refractivity contribution in [3.8, 4) is 0 Å². The van der Waals surface area contributed by atoms with E-state index in [0.717, 1.165) is 6.42 Å². The minimum Gasteiger partial charge on any atom is -0.478 e. The summed E-state index contributed by atoms with van der Waals surface area (Å²) in [4.78, 5) is 25.4. The topological polar surface area (TPSA) is 57.6 Å². The van der Waals surface area contributed by atoms with Crippen molar-refractivity contribution < 1.29 is 27.9 Å². The lowest BCUT2D eigenvalue weighted by Crippen LogP contribution is -2.57. The zero-order valence-corrected chi connectivity index (χ0v) is 13.9. The van der Waals surface area contributed by atoms with E-state index in [0.29, 0.717) is 18.4 Å². The minimum absolute atomic E-state index is 0.00637. The molecule has 1 aromatic rings. The Kier molecular flexibility index (Phi) is 4.29. The molecule has 1 aliphatic carbocycles. The molecule has 25 heavy (non-hydrogen) atoms. The van der Waals surface area contributed by atoms with Gasteiger partial charge in [0.15, 0.2) is 0 Å². The molecule has 3 rings (SSSR count). The van der Waals surface area contributed by atoms with E-state index >= 15 is 0 Å². The van der Waals surface area contributed by atoms with Crippen molar-refractivity contribution in [2.75, 3.05) is 13.1 Å². The summed E-state index contributed by atoms with van der Waals surface area (Å²) in [7, 11) is 0. The third kappa shape index (κ3) is 3.24. The Hall–Kier alpha value is -2.05. The maximum absolute atomic E-state index is 13.3. The number of aryl methyl sites for hydroxylation is 1. The Morgan fingerprint density at radius 1 is 1.20 bits per heavy atom. The second kappa shape index (κ2) is 6.04. The number of carboxylic acid groups (broad SMARTS) is 1. The Balaban J connectivity index is 1.84. The van der Waals surface area contributed by atoms with Crippen LogP contribution in [0.5, 0.6) is 0 Å². The summed E-state index contributed by atoms with van der Waals surface area (Å²) in [6, 6.07) is 4.33. The molecular weight excluding hydrogens is 335 g/mol. The molecule has 0 aromatic heterocycles. The Bertz CT molecular complexity index is 710. The van der Waals surface area contributed by atoms with Gasteiger partial charge in [-0.15, -0.1) is 0 Å². The summed E-state index contributed by atoms with van der Waals surface area (Å²) in [6.45, 7) is 1.82. The summed E-state index contributed by atoms with van der Waals surface area (Å²) in [5.74, 6) is -2.88. The molecule has 1 unspecified atom stereocenters. The van der Waals surface area contributed by atoms with Crippen LogP contribution in [0.4, 0.5) is 13.2 Å². The predicted octanol–water partition coefficient (Wildman–Crippen LogP) is 3.89. The van der Waals surface area contributed by atoms with Crippen LogP contribution in [0.3, 0.4) is 0 Å². The number of piperidine rings is 1. The van der Waals surface area contributed by atoms with Gasteiger partial charge in [-0.25, -0.2) is 4.79 Å². The molecule has 0 bridgehead atoms. The van der Waals surface area contributed by atoms with Gasteiger partial charge in [0.25, 0.3) is 5.91 Å². The number of aromatic carboxylic acids is 1. The van der Waals surface area contributed by atoms with Gasteiger partial charge in [0.2, 0.25) is 0 Å². The van der Waals surface area contributed by atoms with Crippen molar-refractivity contribution in [2.24, 2.45) is 11.3 Å². The number of carbonyl (C=O) groups excluding carboxylic acids is 1. The van der Waals surface area contributed by atoms with Gasteiger partial charge in [-0.1, -0.05) is 6.42 Å². The molecule has 2 aliphatic rings. The molecule has 7 heteroatoms. The van der Waals surface area contributed by atoms with Gasteiger partial charge < -0.3 is 10.0 Å². The van der Waals surface area contributed by atoms with E-state index in [2.05, 4.69) is 0 Å². The van der Waals surface area contributed by atoms with E-state index < -0.39 is 29.4 Å². The normalized spacial score (nSPS) is 22.6. The maximum atomic E-state index is 13.3. The summed E-state index contributed by atoms with van der Waals surface area (Å²) >= 11 is 0. The van der Waals surface area contributed by atoms with Crippen LogP contribution in [0.25, 0.3) is 0 Å². The molecule has 1 saturated carbocycles. The molecular formula is C18H20F3NO3. The fraction of sp³-hybridized carbons (Fsp3) is 0.556. The number of halogens is 3. The lowest BCUT2D eigenvalue weighted by Gasteiger charge is -2.54. The second-order valence-electron chi connectivity index (χ2n) is 7.22. The Labute approximate surface area is 143 Å². The van der Waals surface area contributed by atoms with E-state index in [4.69, 9.17) is 5.11 Å². The molecule has 1 spiro atoms. The lowest BCUT2D eigenvalue weighted by atomic mass is 9.58. The number of hydrogen-bond donors (Lipinski definition) is 1. The Morgan fingerprint density at radius 2 is 1.84 bits per heavy atom. The van der Waals surface area contributed by atoms with E-state index in [1.807, 2.05) is 0 Å². The van der Waals surface area contributed by atoms with Gasteiger partial charge in [-0.3, -0.25) is 4.79 Å². The number of carboxylic acids is 1. The first-order chi connectivity index (χ1) is 11.6. The summed E-state index contributed by atoms with van der Waals surface area (Å²) < 4.78 is 40.0. The van der Waals surface area contributed by atoms with Crippen LogP contribution in [0.1, 0.15) is 52.0 Å². The van der Waals surface area contributed by atoms with Gasteiger partial charge >= 0.3 is 12.1 Å². The minimum atomic E-state index is -4.24. The number of nitrogens with zero attached hydrogens (tertiary/aromatic N) is 1. The van der Waals surface area contributed by atoms with E-state index in [1.165, 1.54) is 17.0 Å². The number of carbonyl (C=O) groups is 2. The van der Waals surface area contributed by atoms with Crippen molar-refractivity contribution in [2.45, 2.75) is 38.8 Å². The zero-order chi connectivity index (χ0) is 18.4. The van der Waals surface area contributed by atoms with Gasteiger partial charge in [-0.05, 0) is 55.4 Å². The number of alkyl halides is 3. The number of benzene rings is 1. The highest BCUT2D eigenvalue weighted by Gasteiger charge is 2.58. The van der Waals surface area contributed by atoms with E-state index in [9.17, 15) is 22.8 Å². The fourth-order valence-corrected chi connectivity index (χ4v) is 4.19. The van der Waals surface area contributed by atoms with Gasteiger partial charge in [-0.2, -0.15) is 13.2 Å². The monoisotopic (exact) mass is 355 g/mol. The molecule has 1 amide bonds. The van der Waals surface area contributed by atoms with Crippen molar-refractivity contribution in [1.82, 2.24) is 4.90 Å². The molecule has 1 atom stereocenters. The van der Waals surface area contributed by atoms with Crippen molar-refractivity contribution in [1.29, 1.82) is 0 Å². The average molecular weight is 355 g/mol. The number of amides is 1. The Morgan fingerprint density at radius 3 is 2.36 bits per heavy atom. The van der Waals surface area contributed by atoms with Crippen LogP contribution in [-0.2, 0) is 0 Å². The van der Waals surface area contributed by atoms with Crippen molar-refractivity contribution in [3.05, 3.63) is 34.9 Å². The summed E-state index contributed by atoms with van der Waals surface area (Å²) in [6.07, 6.45) is -2.62. The van der Waals surface area contributed by atoms with Crippen molar-refractivity contribution >= 4 is 11.9 Å². The average Bonchev–Trinajstić information content (AvgIpc) is 2.50. The van der Waals surface area contributed by atoms with E-state index in [1.54, 1.807) is 13.0 Å². The smallest absolute Gasteiger partial charge is 0.392 e. The molecule has 1 heterocycles. The van der Waals surface area contributed by atoms with Crippen molar-refractivity contribution in [3.63, 3.8) is 0 Å². The largest absolute Gasteiger partial charge is 0.478 e. The molecule has 2 fully saturated rings. The van der Waals surface area contributed by atoms with Gasteiger partial charge in [0.1, 0.15) is 0 Å². The quantitative estimate of drug-likeness (QED) is 0.876. The van der Waals surface area contributed by atoms with Crippen LogP contribution in [0.2, 0.25) is 0 Å². The van der Waals surface area contributed by atoms with E-state index in [-0.39, 0.29) is 30.6 Å². The third-order valence-corrected chi connectivity index (χ3v) is 5.54. The number of likely N-dealkylation sites (tertiary alicyclic amines) is 1. The summed E-state index contributed by atoms with van der Waals surface area (Å²) in [5.41, 5.74) is -0.0120. The molecule has 1 saturated heterocycles. The zero-order valence-electron chi connectivity index (χ0n) is 13.9. The number of rotatable bonds is 2. The lowest BCUT2D eigenvalue weighted by molar-refractivity contribution is -0.235. The van der Waals surface area contributed by atoms with Crippen LogP contribution in [-0.4, -0.2) is 41.1 Å². The molecule has 1 N–H and O–H groups in total. The van der Waals surface area contributed by atoms with Gasteiger partial charge in [0, 0.05) is 18.7 Å². The fourth-order valence-electron chi connectivity index (χ4n) is 4.19. The number of hydrogen-bond acceptors (Lipinski definition) is 2. The van der Waals surface area contributed by atoms with Crippen LogP contribution < -0.4 is 0 Å². The highest BCUT2D eigenvalue weighted by molar-refractivity contribution is 5.98. The van der Waals surface area contributed by atoms with Crippen LogP contribution in [0.15, 0.2) is 18.2 Å². The molecule has 1 aromatic carbocycles. The molecule has 136 valence electrons. The predicted molar refractivity (Wildman–Crippen MR) is 84.5 cm³/mol. The SMILES string of the molecule is Cc1cc(C(=O)O)cc(C(=O)N2CCC(C(F)(F)F)C3(CCC3)C2)c1. The highest BCUT2D eigenvalue weighted by atomic mass is 19.4. The first-order valence-electron chi connectivity index (χ1n) is 8.33. The molecule has 1 aliphatic heterocycles. The standard InChI is InChI=1S/C18H20F3NO3/c1-11-7-12(9-13(8-11)16(24)25)15(23)22-6-3-14(18(19,20)21)17(10-22)4-2-5-17/h7-9,14H,2-6,10H2,1H3,(H,24,25). The first kappa shape index (κ1) is 17.8. The molecule has 0 radical (unpaired) electrons. The van der Waals surface area contributed by atoms with Crippen LogP contribution in [0, 0.1) is 18.3 Å². The van der Waals surface area contributed by atoms with Crippen LogP contribution >= 0.6 is 0 Å². The summed E-state index contributed by atoms with van der Waals surface area (Å²) in [5, 5.41) is 9.13. The third-order valence-electron chi connectivity index (χ3n) is 5.54. The first-order valence-corrected chi connectivity index (χ1v) is 8.33. The van der Waals surface area contributed by atoms with Gasteiger partial charge in [0.05, 0.1) is 11.5 Å². The second-order valence-corrected chi connectivity index (χ2v) is 7.22. The maximum Gasteiger partial charge on any atom is 0.392 e. The highest BCUT2D eigenvalue weighted by Crippen LogP contribution is 2.56. The molecule has 4 nitrogen and oxygen atoms in total.